The average Bonchev–Trinajstić information content (AvgIpc) is 2.46. The van der Waals surface area contributed by atoms with Crippen molar-refractivity contribution in [2.45, 2.75) is 45.2 Å². The van der Waals surface area contributed by atoms with Crippen LogP contribution in [-0.2, 0) is 4.79 Å². The van der Waals surface area contributed by atoms with Crippen LogP contribution in [-0.4, -0.2) is 23.2 Å². The molecule has 1 aromatic carbocycles. The molecule has 0 unspecified atom stereocenters. The fraction of sp³-hybridized carbons (Fsp3) is 0.529. The van der Waals surface area contributed by atoms with E-state index in [0.29, 0.717) is 24.1 Å². The second kappa shape index (κ2) is 7.23. The lowest BCUT2D eigenvalue weighted by molar-refractivity contribution is -0.183. The molecule has 0 aromatic heterocycles. The van der Waals surface area contributed by atoms with Crippen molar-refractivity contribution in [1.82, 2.24) is 0 Å². The monoisotopic (exact) mass is 343 g/mol. The quantitative estimate of drug-likeness (QED) is 0.852. The molecule has 0 bridgehead atoms. The van der Waals surface area contributed by atoms with Crippen LogP contribution in [0, 0.1) is 18.8 Å². The largest absolute Gasteiger partial charge is 0.478 e. The number of carboxylic acid groups (broad SMARTS) is 1. The van der Waals surface area contributed by atoms with Crippen LogP contribution in [0.4, 0.5) is 18.9 Å². The number of benzene rings is 1. The number of aromatic carboxylic acids is 1. The molecule has 0 radical (unpaired) electrons. The molecular weight excluding hydrogens is 323 g/mol. The predicted molar refractivity (Wildman–Crippen MR) is 82.9 cm³/mol. The molecule has 1 aromatic rings. The van der Waals surface area contributed by atoms with Gasteiger partial charge in [-0.05, 0) is 62.3 Å². The maximum Gasteiger partial charge on any atom is 0.391 e. The number of rotatable bonds is 4. The lowest BCUT2D eigenvalue weighted by Gasteiger charge is -2.29. The number of carboxylic acids is 1. The number of carbonyl (C=O) groups is 2. The summed E-state index contributed by atoms with van der Waals surface area (Å²) in [6.07, 6.45) is -3.01. The normalized spacial score (nSPS) is 21.3. The van der Waals surface area contributed by atoms with Gasteiger partial charge in [0.1, 0.15) is 0 Å². The number of alkyl halides is 3. The van der Waals surface area contributed by atoms with E-state index in [1.165, 1.54) is 12.1 Å². The Morgan fingerprint density at radius 2 is 1.83 bits per heavy atom. The second-order valence-corrected chi connectivity index (χ2v) is 6.35. The molecule has 7 heteroatoms. The maximum atomic E-state index is 12.6. The molecule has 0 spiro atoms. The maximum absolute atomic E-state index is 12.6. The Kier molecular flexibility index (Phi) is 5.51. The third-order valence-electron chi connectivity index (χ3n) is 4.52. The van der Waals surface area contributed by atoms with Gasteiger partial charge in [-0.2, -0.15) is 13.2 Å². The smallest absolute Gasteiger partial charge is 0.391 e. The highest BCUT2D eigenvalue weighted by molar-refractivity contribution is 5.93. The standard InChI is InChI=1S/C17H20F3NO3/c1-10-8-13(6-7-14(10)16(23)24)21-15(22)9-11-2-4-12(5-3-11)17(18,19)20/h6-8,11-12H,2-5,9H2,1H3,(H,21,22)(H,23,24). The number of nitrogens with one attached hydrogen (secondary N) is 1. The summed E-state index contributed by atoms with van der Waals surface area (Å²) >= 11 is 0. The van der Waals surface area contributed by atoms with Crippen LogP contribution < -0.4 is 5.32 Å². The Labute approximate surface area is 138 Å². The van der Waals surface area contributed by atoms with Crippen LogP contribution in [0.3, 0.4) is 0 Å². The summed E-state index contributed by atoms with van der Waals surface area (Å²) in [6.45, 7) is 1.64. The van der Waals surface area contributed by atoms with Crippen molar-refractivity contribution in [3.05, 3.63) is 29.3 Å². The van der Waals surface area contributed by atoms with E-state index in [4.69, 9.17) is 5.11 Å². The van der Waals surface area contributed by atoms with E-state index in [1.807, 2.05) is 0 Å². The number of amides is 1. The molecule has 1 fully saturated rings. The molecule has 4 nitrogen and oxygen atoms in total. The van der Waals surface area contributed by atoms with Crippen molar-refractivity contribution in [1.29, 1.82) is 0 Å². The van der Waals surface area contributed by atoms with Crippen molar-refractivity contribution >= 4 is 17.6 Å². The molecule has 0 atom stereocenters. The highest BCUT2D eigenvalue weighted by Crippen LogP contribution is 2.40. The van der Waals surface area contributed by atoms with Gasteiger partial charge in [0.05, 0.1) is 11.5 Å². The minimum absolute atomic E-state index is 0.0389. The van der Waals surface area contributed by atoms with E-state index >= 15 is 0 Å². The minimum atomic E-state index is -4.14. The Morgan fingerprint density at radius 3 is 2.33 bits per heavy atom. The third-order valence-corrected chi connectivity index (χ3v) is 4.52. The third kappa shape index (κ3) is 4.72. The number of halogens is 3. The van der Waals surface area contributed by atoms with Gasteiger partial charge in [-0.15, -0.1) is 0 Å². The summed E-state index contributed by atoms with van der Waals surface area (Å²) in [7, 11) is 0. The van der Waals surface area contributed by atoms with Gasteiger partial charge in [0.15, 0.2) is 0 Å². The fourth-order valence-electron chi connectivity index (χ4n) is 3.15. The fourth-order valence-corrected chi connectivity index (χ4v) is 3.15. The van der Waals surface area contributed by atoms with E-state index in [2.05, 4.69) is 5.32 Å². The summed E-state index contributed by atoms with van der Waals surface area (Å²) < 4.78 is 37.9. The summed E-state index contributed by atoms with van der Waals surface area (Å²) in [5, 5.41) is 11.6. The summed E-state index contributed by atoms with van der Waals surface area (Å²) in [5.74, 6) is -2.58. The van der Waals surface area contributed by atoms with Gasteiger partial charge in [0.2, 0.25) is 5.91 Å². The molecular formula is C17H20F3NO3. The van der Waals surface area contributed by atoms with Gasteiger partial charge in [0, 0.05) is 12.1 Å². The molecule has 1 aliphatic rings. The van der Waals surface area contributed by atoms with Gasteiger partial charge < -0.3 is 10.4 Å². The van der Waals surface area contributed by atoms with Crippen molar-refractivity contribution in [2.24, 2.45) is 11.8 Å². The van der Waals surface area contributed by atoms with Gasteiger partial charge >= 0.3 is 12.1 Å². The SMILES string of the molecule is Cc1cc(NC(=O)CC2CCC(C(F)(F)F)CC2)ccc1C(=O)O. The van der Waals surface area contributed by atoms with Crippen LogP contribution in [0.25, 0.3) is 0 Å². The Bertz CT molecular complexity index is 620. The van der Waals surface area contributed by atoms with Crippen LogP contribution in [0.1, 0.15) is 48.0 Å². The Balaban J connectivity index is 1.86. The van der Waals surface area contributed by atoms with Crippen LogP contribution in [0.2, 0.25) is 0 Å². The lowest BCUT2D eigenvalue weighted by Crippen LogP contribution is -2.29. The van der Waals surface area contributed by atoms with Gasteiger partial charge in [-0.25, -0.2) is 4.79 Å². The number of anilines is 1. The first kappa shape index (κ1) is 18.3. The molecule has 0 heterocycles. The second-order valence-electron chi connectivity index (χ2n) is 6.35. The first-order valence-corrected chi connectivity index (χ1v) is 7.87. The lowest BCUT2D eigenvalue weighted by atomic mass is 9.80. The summed E-state index contributed by atoms with van der Waals surface area (Å²) in [6, 6.07) is 4.50. The Morgan fingerprint density at radius 1 is 1.21 bits per heavy atom. The molecule has 0 saturated heterocycles. The first-order valence-electron chi connectivity index (χ1n) is 7.87. The average molecular weight is 343 g/mol. The van der Waals surface area contributed by atoms with Crippen molar-refractivity contribution in [3.63, 3.8) is 0 Å². The molecule has 1 saturated carbocycles. The molecule has 24 heavy (non-hydrogen) atoms. The molecule has 1 aliphatic carbocycles. The number of aryl methyl sites for hydroxylation is 1. The summed E-state index contributed by atoms with van der Waals surface area (Å²) in [4.78, 5) is 23.0. The molecule has 1 amide bonds. The Hall–Kier alpha value is -2.05. The van der Waals surface area contributed by atoms with Crippen molar-refractivity contribution in [3.8, 4) is 0 Å². The molecule has 132 valence electrons. The van der Waals surface area contributed by atoms with Gasteiger partial charge in [0.25, 0.3) is 0 Å². The number of hydrogen-bond donors (Lipinski definition) is 2. The van der Waals surface area contributed by atoms with Gasteiger partial charge in [-0.3, -0.25) is 4.79 Å². The number of carbonyl (C=O) groups excluding carboxylic acids is 1. The van der Waals surface area contributed by atoms with E-state index in [1.54, 1.807) is 13.0 Å². The van der Waals surface area contributed by atoms with E-state index in [-0.39, 0.29) is 36.7 Å². The van der Waals surface area contributed by atoms with E-state index < -0.39 is 18.1 Å². The summed E-state index contributed by atoms with van der Waals surface area (Å²) in [5.41, 5.74) is 1.19. The van der Waals surface area contributed by atoms with Crippen LogP contribution in [0.5, 0.6) is 0 Å². The van der Waals surface area contributed by atoms with E-state index in [0.717, 1.165) is 0 Å². The van der Waals surface area contributed by atoms with Crippen molar-refractivity contribution in [2.75, 3.05) is 5.32 Å². The highest BCUT2D eigenvalue weighted by atomic mass is 19.4. The number of hydrogen-bond acceptors (Lipinski definition) is 2. The van der Waals surface area contributed by atoms with Crippen LogP contribution >= 0.6 is 0 Å². The first-order chi connectivity index (χ1) is 11.2. The van der Waals surface area contributed by atoms with E-state index in [9.17, 15) is 22.8 Å². The zero-order valence-corrected chi connectivity index (χ0v) is 13.3. The molecule has 2 N–H and O–H groups in total. The van der Waals surface area contributed by atoms with Crippen LogP contribution in [0.15, 0.2) is 18.2 Å². The zero-order chi connectivity index (χ0) is 17.9. The zero-order valence-electron chi connectivity index (χ0n) is 13.3. The topological polar surface area (TPSA) is 66.4 Å². The van der Waals surface area contributed by atoms with Gasteiger partial charge in [-0.1, -0.05) is 0 Å². The minimum Gasteiger partial charge on any atom is -0.478 e. The molecule has 0 aliphatic heterocycles. The molecule has 2 rings (SSSR count). The predicted octanol–water partition coefficient (Wildman–Crippen LogP) is 4.39. The highest BCUT2D eigenvalue weighted by Gasteiger charge is 2.41. The van der Waals surface area contributed by atoms with Crippen molar-refractivity contribution < 1.29 is 27.9 Å².